The molecule has 42 heavy (non-hydrogen) atoms. The number of aromatic amines is 2. The van der Waals surface area contributed by atoms with Crippen molar-refractivity contribution in [1.29, 1.82) is 0 Å². The number of hydrogen-bond donors (Lipinski definition) is 5. The topological polar surface area (TPSA) is 159 Å². The highest BCUT2D eigenvalue weighted by atomic mass is 35.5. The molecule has 5 N–H and O–H groups in total. The summed E-state index contributed by atoms with van der Waals surface area (Å²) in [5.74, 6) is -1.21. The van der Waals surface area contributed by atoms with Crippen LogP contribution in [0, 0.1) is 6.92 Å². The number of amides is 3. The van der Waals surface area contributed by atoms with E-state index in [2.05, 4.69) is 30.8 Å². The number of aliphatic hydroxyl groups is 1. The molecular weight excluding hydrogens is 581 g/mol. The summed E-state index contributed by atoms with van der Waals surface area (Å²) in [5.41, 5.74) is -0.317. The van der Waals surface area contributed by atoms with E-state index in [1.807, 2.05) is 0 Å². The molecule has 0 radical (unpaired) electrons. The Balaban J connectivity index is 1.16. The monoisotopic (exact) mass is 608 g/mol. The Hall–Kier alpha value is -3.95. The van der Waals surface area contributed by atoms with Crippen molar-refractivity contribution in [1.82, 2.24) is 40.6 Å². The van der Waals surface area contributed by atoms with E-state index in [4.69, 9.17) is 11.6 Å². The van der Waals surface area contributed by atoms with Gasteiger partial charge in [-0.3, -0.25) is 19.5 Å². The lowest BCUT2D eigenvalue weighted by Gasteiger charge is -2.36. The molecule has 2 saturated heterocycles. The van der Waals surface area contributed by atoms with Gasteiger partial charge in [0.15, 0.2) is 11.5 Å². The van der Waals surface area contributed by atoms with Crippen LogP contribution >= 0.6 is 11.6 Å². The van der Waals surface area contributed by atoms with Crippen molar-refractivity contribution in [2.45, 2.75) is 38.2 Å². The van der Waals surface area contributed by atoms with Gasteiger partial charge in [-0.25, -0.2) is 4.98 Å². The molecule has 0 unspecified atom stereocenters. The van der Waals surface area contributed by atoms with Gasteiger partial charge in [0.25, 0.3) is 11.8 Å². The average Bonchev–Trinajstić information content (AvgIpc) is 3.70. The Morgan fingerprint density at radius 2 is 1.88 bits per heavy atom. The highest BCUT2D eigenvalue weighted by Gasteiger charge is 2.38. The van der Waals surface area contributed by atoms with Gasteiger partial charge in [0, 0.05) is 45.0 Å². The van der Waals surface area contributed by atoms with Crippen LogP contribution in [0.2, 0.25) is 5.02 Å². The molecule has 0 spiro atoms. The first-order chi connectivity index (χ1) is 19.9. The molecule has 2 aromatic heterocycles. The number of piperazine rings is 1. The minimum atomic E-state index is -4.69. The number of aromatic nitrogens is 4. The first-order valence-electron chi connectivity index (χ1n) is 13.2. The van der Waals surface area contributed by atoms with Gasteiger partial charge in [0.05, 0.1) is 40.2 Å². The number of rotatable bonds is 6. The maximum Gasteiger partial charge on any atom is 0.435 e. The lowest BCUT2D eigenvalue weighted by Crippen LogP contribution is -2.54. The van der Waals surface area contributed by atoms with Crippen LogP contribution in [0.25, 0.3) is 11.3 Å². The molecule has 2 aliphatic rings. The predicted molar refractivity (Wildman–Crippen MR) is 143 cm³/mol. The van der Waals surface area contributed by atoms with Crippen LogP contribution in [0.3, 0.4) is 0 Å². The minimum Gasteiger partial charge on any atom is -0.392 e. The van der Waals surface area contributed by atoms with Gasteiger partial charge in [-0.15, -0.1) is 0 Å². The van der Waals surface area contributed by atoms with E-state index >= 15 is 0 Å². The van der Waals surface area contributed by atoms with Crippen molar-refractivity contribution in [3.8, 4) is 11.3 Å². The Bertz CT molecular complexity index is 1500. The van der Waals surface area contributed by atoms with E-state index in [9.17, 15) is 32.7 Å². The maximum absolute atomic E-state index is 13.3. The number of nitrogens with zero attached hydrogens (tertiary/aromatic N) is 4. The molecule has 2 aliphatic heterocycles. The number of benzene rings is 1. The first-order valence-corrected chi connectivity index (χ1v) is 13.5. The number of aryl methyl sites for hydroxylation is 1. The highest BCUT2D eigenvalue weighted by molar-refractivity contribution is 6.33. The Kier molecular flexibility index (Phi) is 8.25. The zero-order valence-corrected chi connectivity index (χ0v) is 23.1. The van der Waals surface area contributed by atoms with Crippen molar-refractivity contribution in [3.63, 3.8) is 0 Å². The summed E-state index contributed by atoms with van der Waals surface area (Å²) in [7, 11) is 0. The summed E-state index contributed by atoms with van der Waals surface area (Å²) in [6.45, 7) is 3.24. The minimum absolute atomic E-state index is 0.0103. The molecule has 224 valence electrons. The van der Waals surface area contributed by atoms with Crippen LogP contribution in [0.5, 0.6) is 0 Å². The normalized spacial score (nSPS) is 19.3. The van der Waals surface area contributed by atoms with Crippen molar-refractivity contribution in [3.05, 3.63) is 57.8 Å². The summed E-state index contributed by atoms with van der Waals surface area (Å²) in [6, 6.07) is 4.32. The summed E-state index contributed by atoms with van der Waals surface area (Å²) < 4.78 is 39.9. The molecule has 0 saturated carbocycles. The van der Waals surface area contributed by atoms with Gasteiger partial charge in [0.2, 0.25) is 5.91 Å². The van der Waals surface area contributed by atoms with Crippen molar-refractivity contribution < 1.29 is 32.7 Å². The number of alkyl halides is 3. The van der Waals surface area contributed by atoms with Crippen LogP contribution in [-0.2, 0) is 17.5 Å². The van der Waals surface area contributed by atoms with Crippen LogP contribution < -0.4 is 10.6 Å². The number of β-amino-alcohol motifs (C(OH)–C–C–N with tert-alkyl or cyclic N) is 1. The third-order valence-electron chi connectivity index (χ3n) is 7.28. The number of carbonyl (C=O) groups is 3. The van der Waals surface area contributed by atoms with E-state index in [1.54, 1.807) is 28.0 Å². The Morgan fingerprint density at radius 3 is 2.52 bits per heavy atom. The van der Waals surface area contributed by atoms with Gasteiger partial charge in [-0.05, 0) is 31.0 Å². The van der Waals surface area contributed by atoms with E-state index in [-0.39, 0.29) is 51.7 Å². The second-order valence-corrected chi connectivity index (χ2v) is 10.6. The van der Waals surface area contributed by atoms with Gasteiger partial charge in [-0.2, -0.15) is 18.3 Å². The summed E-state index contributed by atoms with van der Waals surface area (Å²) in [5, 5.41) is 21.1. The van der Waals surface area contributed by atoms with E-state index < -0.39 is 29.9 Å². The summed E-state index contributed by atoms with van der Waals surface area (Å²) >= 11 is 6.41. The number of H-pyrrole nitrogens is 2. The number of nitrogens with one attached hydrogen (secondary N) is 4. The SMILES string of the molecule is Cc1[nH]nc(C(F)(F)F)c1-c1cnc(C(=O)NCc2ccc(C(=O)N3CCN(C(=O)[C@@H]4C[C@@H](O)CN4)CC3)c(Cl)c2)[nH]1. The fourth-order valence-electron chi connectivity index (χ4n) is 5.06. The molecule has 3 amide bonds. The van der Waals surface area contributed by atoms with Crippen LogP contribution in [0.15, 0.2) is 24.4 Å². The Morgan fingerprint density at radius 1 is 1.17 bits per heavy atom. The number of hydrogen-bond acceptors (Lipinski definition) is 7. The second kappa shape index (κ2) is 11.7. The standard InChI is InChI=1S/C26H28ClF3N8O4/c1-13-20(21(36-35-13)26(28,29)30)19-12-32-22(34-19)23(40)33-10-14-2-3-16(17(27)8-14)24(41)37-4-6-38(7-5-37)25(42)18-9-15(39)11-31-18/h2-3,8,12,15,18,31,39H,4-7,9-11H2,1H3,(H,32,34)(H,33,40)(H,35,36)/t15-,18+/m1/s1. The van der Waals surface area contributed by atoms with E-state index in [0.29, 0.717) is 44.7 Å². The van der Waals surface area contributed by atoms with Crippen molar-refractivity contribution in [2.75, 3.05) is 32.7 Å². The average molecular weight is 609 g/mol. The number of imidazole rings is 1. The molecule has 0 bridgehead atoms. The molecule has 3 aromatic rings. The molecule has 12 nitrogen and oxygen atoms in total. The fraction of sp³-hybridized carbons (Fsp3) is 0.423. The molecule has 2 atom stereocenters. The fourth-order valence-corrected chi connectivity index (χ4v) is 5.35. The number of halogens is 4. The van der Waals surface area contributed by atoms with Crippen LogP contribution in [0.1, 0.15) is 44.3 Å². The van der Waals surface area contributed by atoms with Gasteiger partial charge in [-0.1, -0.05) is 17.7 Å². The van der Waals surface area contributed by atoms with E-state index in [1.165, 1.54) is 6.92 Å². The third kappa shape index (κ3) is 6.12. The molecule has 4 heterocycles. The number of carbonyl (C=O) groups excluding carboxylic acids is 3. The highest BCUT2D eigenvalue weighted by Crippen LogP contribution is 2.36. The van der Waals surface area contributed by atoms with Crippen LogP contribution in [-0.4, -0.2) is 97.7 Å². The zero-order chi connectivity index (χ0) is 30.2. The van der Waals surface area contributed by atoms with Crippen molar-refractivity contribution >= 4 is 29.3 Å². The predicted octanol–water partition coefficient (Wildman–Crippen LogP) is 1.72. The van der Waals surface area contributed by atoms with Crippen LogP contribution in [0.4, 0.5) is 13.2 Å². The third-order valence-corrected chi connectivity index (χ3v) is 7.59. The quantitative estimate of drug-likeness (QED) is 0.285. The largest absolute Gasteiger partial charge is 0.435 e. The molecule has 2 fully saturated rings. The molecule has 16 heteroatoms. The lowest BCUT2D eigenvalue weighted by molar-refractivity contribution is -0.140. The summed E-state index contributed by atoms with van der Waals surface area (Å²) in [6.07, 6.45) is -3.72. The van der Waals surface area contributed by atoms with E-state index in [0.717, 1.165) is 6.20 Å². The molecule has 1 aromatic carbocycles. The molecular formula is C26H28ClF3N8O4. The number of aliphatic hydroxyl groups excluding tert-OH is 1. The zero-order valence-electron chi connectivity index (χ0n) is 22.4. The lowest BCUT2D eigenvalue weighted by atomic mass is 10.1. The smallest absolute Gasteiger partial charge is 0.392 e. The summed E-state index contributed by atoms with van der Waals surface area (Å²) in [4.78, 5) is 48.2. The Labute approximate surface area is 242 Å². The van der Waals surface area contributed by atoms with Crippen molar-refractivity contribution in [2.24, 2.45) is 0 Å². The van der Waals surface area contributed by atoms with Gasteiger partial charge >= 0.3 is 6.18 Å². The molecule has 5 rings (SSSR count). The second-order valence-electron chi connectivity index (χ2n) is 10.2. The first kappa shape index (κ1) is 29.5. The molecule has 0 aliphatic carbocycles. The maximum atomic E-state index is 13.3. The van der Waals surface area contributed by atoms with Gasteiger partial charge in [0.1, 0.15) is 0 Å². The van der Waals surface area contributed by atoms with Gasteiger partial charge < -0.3 is 30.5 Å².